The average molecular weight is 990 g/mol. The summed E-state index contributed by atoms with van der Waals surface area (Å²) in [5.41, 5.74) is 0. The first-order valence-corrected chi connectivity index (χ1v) is 30.1. The van der Waals surface area contributed by atoms with Crippen molar-refractivity contribution in [2.75, 3.05) is 13.2 Å². The second kappa shape index (κ2) is 59.2. The molecule has 0 amide bonds. The van der Waals surface area contributed by atoms with Gasteiger partial charge in [0.05, 0.1) is 0 Å². The normalized spacial score (nSPS) is 12.7. The van der Waals surface area contributed by atoms with Crippen LogP contribution in [0.1, 0.15) is 290 Å². The molecule has 6 heteroatoms. The highest BCUT2D eigenvalue weighted by Gasteiger charge is 2.19. The van der Waals surface area contributed by atoms with Gasteiger partial charge in [0.25, 0.3) is 0 Å². The third-order valence-corrected chi connectivity index (χ3v) is 12.9. The molecule has 0 saturated heterocycles. The molecule has 0 aliphatic carbocycles. The van der Waals surface area contributed by atoms with Crippen molar-refractivity contribution in [1.29, 1.82) is 0 Å². The van der Waals surface area contributed by atoms with E-state index >= 15 is 0 Å². The second-order valence-corrected chi connectivity index (χ2v) is 19.9. The van der Waals surface area contributed by atoms with Gasteiger partial charge in [0, 0.05) is 19.3 Å². The molecule has 0 heterocycles. The zero-order chi connectivity index (χ0) is 51.4. The summed E-state index contributed by atoms with van der Waals surface area (Å²) in [6, 6.07) is 0. The summed E-state index contributed by atoms with van der Waals surface area (Å²) in [6.07, 6.45) is 77.2. The molecule has 0 aliphatic heterocycles. The molecule has 0 aromatic carbocycles. The van der Waals surface area contributed by atoms with Crippen LogP contribution in [0, 0.1) is 0 Å². The highest BCUT2D eigenvalue weighted by atomic mass is 16.6. The fourth-order valence-electron chi connectivity index (χ4n) is 8.38. The highest BCUT2D eigenvalue weighted by molar-refractivity contribution is 5.71. The summed E-state index contributed by atoms with van der Waals surface area (Å²) in [7, 11) is 0. The molecule has 0 N–H and O–H groups in total. The first-order chi connectivity index (χ1) is 35.0. The number of esters is 3. The van der Waals surface area contributed by atoms with Gasteiger partial charge in [0.2, 0.25) is 0 Å². The van der Waals surface area contributed by atoms with E-state index in [9.17, 15) is 14.4 Å². The molecule has 0 bridgehead atoms. The van der Waals surface area contributed by atoms with Crippen LogP contribution in [0.4, 0.5) is 0 Å². The van der Waals surface area contributed by atoms with Crippen molar-refractivity contribution in [3.8, 4) is 0 Å². The molecule has 0 rings (SSSR count). The van der Waals surface area contributed by atoms with Crippen LogP contribution in [0.5, 0.6) is 0 Å². The van der Waals surface area contributed by atoms with Crippen molar-refractivity contribution in [1.82, 2.24) is 0 Å². The minimum absolute atomic E-state index is 0.0808. The fourth-order valence-corrected chi connectivity index (χ4v) is 8.38. The lowest BCUT2D eigenvalue weighted by molar-refractivity contribution is -0.167. The zero-order valence-electron chi connectivity index (χ0n) is 46.7. The van der Waals surface area contributed by atoms with Crippen molar-refractivity contribution in [3.63, 3.8) is 0 Å². The van der Waals surface area contributed by atoms with Crippen LogP contribution >= 0.6 is 0 Å². The standard InChI is InChI=1S/C65H112O6/c1-4-7-10-13-16-19-22-25-27-28-29-30-31-32-33-34-35-36-37-38-39-41-43-46-49-52-55-58-64(67)70-61-62(60-69-63(66)57-54-51-48-45-42-24-21-18-15-12-9-6-3)71-65(68)59-56-53-50-47-44-40-26-23-20-17-14-11-8-5-2/h7,10,16,18-19,21,25,27,29-30,32-33,35-36,62H,4-6,8-9,11-15,17,20,22-24,26,28,31,34,37-61H2,1-3H3/b10-7-,19-16-,21-18-,27-25-,30-29-,33-32-,36-35-. The van der Waals surface area contributed by atoms with Gasteiger partial charge in [0.1, 0.15) is 13.2 Å². The number of carbonyl (C=O) groups is 3. The quantitative estimate of drug-likeness (QED) is 0.0261. The summed E-state index contributed by atoms with van der Waals surface area (Å²) in [5.74, 6) is -0.888. The average Bonchev–Trinajstić information content (AvgIpc) is 3.37. The lowest BCUT2D eigenvalue weighted by atomic mass is 10.0. The van der Waals surface area contributed by atoms with Crippen molar-refractivity contribution >= 4 is 17.9 Å². The van der Waals surface area contributed by atoms with E-state index in [2.05, 4.69) is 106 Å². The van der Waals surface area contributed by atoms with Crippen LogP contribution in [0.25, 0.3) is 0 Å². The van der Waals surface area contributed by atoms with Gasteiger partial charge in [-0.1, -0.05) is 260 Å². The Balaban J connectivity index is 4.28. The third-order valence-electron chi connectivity index (χ3n) is 12.9. The van der Waals surface area contributed by atoms with Crippen molar-refractivity contribution in [3.05, 3.63) is 85.1 Å². The van der Waals surface area contributed by atoms with Crippen molar-refractivity contribution < 1.29 is 28.6 Å². The number of hydrogen-bond donors (Lipinski definition) is 0. The van der Waals surface area contributed by atoms with Crippen LogP contribution in [-0.2, 0) is 28.6 Å². The van der Waals surface area contributed by atoms with E-state index in [0.29, 0.717) is 19.3 Å². The van der Waals surface area contributed by atoms with E-state index in [1.165, 1.54) is 141 Å². The number of ether oxygens (including phenoxy) is 3. The van der Waals surface area contributed by atoms with Crippen LogP contribution in [0.3, 0.4) is 0 Å². The van der Waals surface area contributed by atoms with Crippen LogP contribution in [0.15, 0.2) is 85.1 Å². The summed E-state index contributed by atoms with van der Waals surface area (Å²) in [6.45, 7) is 6.51. The van der Waals surface area contributed by atoms with E-state index in [1.807, 2.05) is 0 Å². The van der Waals surface area contributed by atoms with E-state index in [-0.39, 0.29) is 31.1 Å². The Labute approximate surface area is 439 Å². The van der Waals surface area contributed by atoms with E-state index in [0.717, 1.165) is 109 Å². The fraction of sp³-hybridized carbons (Fsp3) is 0.738. The van der Waals surface area contributed by atoms with Gasteiger partial charge >= 0.3 is 17.9 Å². The summed E-state index contributed by atoms with van der Waals surface area (Å²) in [5, 5.41) is 0. The molecule has 0 aromatic heterocycles. The van der Waals surface area contributed by atoms with Crippen molar-refractivity contribution in [2.24, 2.45) is 0 Å². The minimum atomic E-state index is -0.781. The minimum Gasteiger partial charge on any atom is -0.462 e. The monoisotopic (exact) mass is 989 g/mol. The molecular formula is C65H112O6. The van der Waals surface area contributed by atoms with Gasteiger partial charge in [0.15, 0.2) is 6.10 Å². The largest absolute Gasteiger partial charge is 0.462 e. The lowest BCUT2D eigenvalue weighted by Crippen LogP contribution is -2.30. The SMILES string of the molecule is CC/C=C\C/C=C\C/C=C\C/C=C\C/C=C\C/C=C\CCCCCCCCCCC(=O)OCC(COC(=O)CCCCCCC/C=C\CCCCC)OC(=O)CCCCCCCCCCCCCCCC. The Bertz CT molecular complexity index is 1370. The maximum absolute atomic E-state index is 12.8. The number of hydrogen-bond acceptors (Lipinski definition) is 6. The van der Waals surface area contributed by atoms with E-state index in [1.54, 1.807) is 0 Å². The molecule has 408 valence electrons. The van der Waals surface area contributed by atoms with Gasteiger partial charge < -0.3 is 14.2 Å². The van der Waals surface area contributed by atoms with Gasteiger partial charge in [-0.3, -0.25) is 14.4 Å². The molecule has 0 fully saturated rings. The molecule has 71 heavy (non-hydrogen) atoms. The Morgan fingerprint density at radius 1 is 0.296 bits per heavy atom. The number of rotatable bonds is 54. The first-order valence-electron chi connectivity index (χ1n) is 30.1. The molecule has 6 nitrogen and oxygen atoms in total. The Kier molecular flexibility index (Phi) is 56.3. The molecule has 1 unspecified atom stereocenters. The van der Waals surface area contributed by atoms with Crippen LogP contribution < -0.4 is 0 Å². The molecular weight excluding hydrogens is 877 g/mol. The van der Waals surface area contributed by atoms with Crippen LogP contribution in [-0.4, -0.2) is 37.2 Å². The topological polar surface area (TPSA) is 78.9 Å². The summed E-state index contributed by atoms with van der Waals surface area (Å²) in [4.78, 5) is 38.1. The number of allylic oxidation sites excluding steroid dienone is 14. The second-order valence-electron chi connectivity index (χ2n) is 19.9. The smallest absolute Gasteiger partial charge is 0.306 e. The first kappa shape index (κ1) is 67.6. The van der Waals surface area contributed by atoms with Crippen molar-refractivity contribution in [2.45, 2.75) is 297 Å². The van der Waals surface area contributed by atoms with Crippen LogP contribution in [0.2, 0.25) is 0 Å². The maximum atomic E-state index is 12.8. The predicted octanol–water partition coefficient (Wildman–Crippen LogP) is 20.3. The van der Waals surface area contributed by atoms with Gasteiger partial charge in [-0.25, -0.2) is 0 Å². The summed E-state index contributed by atoms with van der Waals surface area (Å²) < 4.78 is 16.9. The van der Waals surface area contributed by atoms with Gasteiger partial charge in [-0.2, -0.15) is 0 Å². The van der Waals surface area contributed by atoms with E-state index in [4.69, 9.17) is 14.2 Å². The van der Waals surface area contributed by atoms with E-state index < -0.39 is 6.10 Å². The zero-order valence-corrected chi connectivity index (χ0v) is 46.7. The highest BCUT2D eigenvalue weighted by Crippen LogP contribution is 2.16. The molecule has 1 atom stereocenters. The Morgan fingerprint density at radius 3 is 0.901 bits per heavy atom. The van der Waals surface area contributed by atoms with Gasteiger partial charge in [-0.15, -0.1) is 0 Å². The maximum Gasteiger partial charge on any atom is 0.306 e. The summed E-state index contributed by atoms with van der Waals surface area (Å²) >= 11 is 0. The Hall–Kier alpha value is -3.41. The number of unbranched alkanes of at least 4 members (excludes halogenated alkanes) is 29. The molecule has 0 radical (unpaired) electrons. The lowest BCUT2D eigenvalue weighted by Gasteiger charge is -2.18. The predicted molar refractivity (Wildman–Crippen MR) is 307 cm³/mol. The molecule has 0 spiro atoms. The Morgan fingerprint density at radius 2 is 0.549 bits per heavy atom. The third kappa shape index (κ3) is 57.4. The number of carbonyl (C=O) groups excluding carboxylic acids is 3. The molecule has 0 aliphatic rings. The molecule has 0 aromatic rings. The molecule has 0 saturated carbocycles. The van der Waals surface area contributed by atoms with Gasteiger partial charge in [-0.05, 0) is 96.3 Å².